The minimum absolute atomic E-state index is 0.0857. The van der Waals surface area contributed by atoms with Gasteiger partial charge in [-0.25, -0.2) is 4.79 Å². The Morgan fingerprint density at radius 3 is 2.42 bits per heavy atom. The van der Waals surface area contributed by atoms with E-state index in [1.807, 2.05) is 16.7 Å². The van der Waals surface area contributed by atoms with E-state index in [1.54, 1.807) is 0 Å². The number of hydrogen-bond acceptors (Lipinski definition) is 3. The van der Waals surface area contributed by atoms with E-state index in [0.717, 1.165) is 45.3 Å². The first-order valence-corrected chi connectivity index (χ1v) is 10.5. The maximum atomic E-state index is 12.7. The molecule has 2 aliphatic carbocycles. The van der Waals surface area contributed by atoms with Gasteiger partial charge in [-0.2, -0.15) is 0 Å². The van der Waals surface area contributed by atoms with E-state index in [0.29, 0.717) is 5.41 Å². The van der Waals surface area contributed by atoms with Crippen molar-refractivity contribution in [2.45, 2.75) is 83.2 Å². The quantitative estimate of drug-likeness (QED) is 0.785. The molecule has 6 heteroatoms. The molecule has 0 aromatic rings. The van der Waals surface area contributed by atoms with E-state index in [9.17, 15) is 9.59 Å². The number of likely N-dealkylation sites (tertiary alicyclic amines) is 1. The van der Waals surface area contributed by atoms with Crippen LogP contribution in [0.25, 0.3) is 0 Å². The summed E-state index contributed by atoms with van der Waals surface area (Å²) in [6, 6.07) is 0.570. The van der Waals surface area contributed by atoms with E-state index in [1.165, 1.54) is 38.5 Å². The molecule has 3 aliphatic rings. The van der Waals surface area contributed by atoms with E-state index < -0.39 is 5.97 Å². The molecule has 2 saturated carbocycles. The molecule has 26 heavy (non-hydrogen) atoms. The van der Waals surface area contributed by atoms with Crippen molar-refractivity contribution < 1.29 is 14.7 Å². The molecule has 2 N–H and O–H groups in total. The van der Waals surface area contributed by atoms with Crippen LogP contribution in [-0.2, 0) is 4.79 Å². The van der Waals surface area contributed by atoms with Crippen molar-refractivity contribution in [3.05, 3.63) is 0 Å². The first kappa shape index (κ1) is 19.5. The van der Waals surface area contributed by atoms with Crippen LogP contribution in [0, 0.1) is 5.41 Å². The number of nitrogens with zero attached hydrogens (tertiary/aromatic N) is 2. The van der Waals surface area contributed by atoms with Crippen molar-refractivity contribution in [1.29, 1.82) is 0 Å². The topological polar surface area (TPSA) is 72.9 Å². The lowest BCUT2D eigenvalue weighted by Gasteiger charge is -2.42. The van der Waals surface area contributed by atoms with Crippen LogP contribution in [0.4, 0.5) is 4.79 Å². The fraction of sp³-hybridized carbons (Fsp3) is 0.900. The molecule has 0 unspecified atom stereocenters. The molecule has 6 nitrogen and oxygen atoms in total. The van der Waals surface area contributed by atoms with E-state index >= 15 is 0 Å². The molecular formula is C20H35N3O3. The Hall–Kier alpha value is -1.30. The molecule has 0 aromatic heterocycles. The summed E-state index contributed by atoms with van der Waals surface area (Å²) in [5.74, 6) is -0.777. The highest BCUT2D eigenvalue weighted by Gasteiger charge is 2.37. The number of carboxylic acids is 1. The number of hydrogen-bond donors (Lipinski definition) is 2. The second kappa shape index (κ2) is 8.59. The molecule has 1 aliphatic heterocycles. The van der Waals surface area contributed by atoms with E-state index in [4.69, 9.17) is 5.11 Å². The number of carbonyl (C=O) groups excluding carboxylic acids is 1. The van der Waals surface area contributed by atoms with Gasteiger partial charge in [0, 0.05) is 25.2 Å². The summed E-state index contributed by atoms with van der Waals surface area (Å²) in [7, 11) is 0. The predicted molar refractivity (Wildman–Crippen MR) is 101 cm³/mol. The van der Waals surface area contributed by atoms with Crippen molar-refractivity contribution in [2.24, 2.45) is 5.41 Å². The Bertz CT molecular complexity index is 499. The van der Waals surface area contributed by atoms with E-state index in [-0.39, 0.29) is 24.7 Å². The number of urea groups is 1. The van der Waals surface area contributed by atoms with Crippen LogP contribution in [0.5, 0.6) is 0 Å². The summed E-state index contributed by atoms with van der Waals surface area (Å²) in [5, 5.41) is 12.2. The standard InChI is InChI=1S/C20H35N3O3/c1-2-22(15-18(24)25)17-13-16(14-17)21-19(26)23-11-6-9-20(10-12-23)7-4-3-5-8-20/h16-17H,2-15H2,1H3,(H,21,26)(H,24,25). The Balaban J connectivity index is 1.42. The van der Waals surface area contributed by atoms with Crippen LogP contribution < -0.4 is 5.32 Å². The molecule has 3 rings (SSSR count). The Morgan fingerprint density at radius 1 is 1.08 bits per heavy atom. The highest BCUT2D eigenvalue weighted by molar-refractivity contribution is 5.74. The molecular weight excluding hydrogens is 330 g/mol. The first-order chi connectivity index (χ1) is 12.5. The highest BCUT2D eigenvalue weighted by atomic mass is 16.4. The number of rotatable bonds is 5. The molecule has 0 radical (unpaired) electrons. The molecule has 0 bridgehead atoms. The molecule has 1 heterocycles. The van der Waals surface area contributed by atoms with Crippen LogP contribution in [-0.4, -0.2) is 65.2 Å². The zero-order valence-electron chi connectivity index (χ0n) is 16.2. The van der Waals surface area contributed by atoms with Crippen LogP contribution in [0.15, 0.2) is 0 Å². The van der Waals surface area contributed by atoms with Crippen LogP contribution in [0.1, 0.15) is 71.1 Å². The van der Waals surface area contributed by atoms with Gasteiger partial charge in [0.1, 0.15) is 0 Å². The van der Waals surface area contributed by atoms with E-state index in [2.05, 4.69) is 5.32 Å². The van der Waals surface area contributed by atoms with Gasteiger partial charge in [0.15, 0.2) is 0 Å². The van der Waals surface area contributed by atoms with Gasteiger partial charge in [0.2, 0.25) is 0 Å². The third-order valence-electron chi connectivity index (χ3n) is 6.95. The third kappa shape index (κ3) is 4.70. The molecule has 1 saturated heterocycles. The second-order valence-electron chi connectivity index (χ2n) is 8.63. The summed E-state index contributed by atoms with van der Waals surface area (Å²) < 4.78 is 0. The lowest BCUT2D eigenvalue weighted by atomic mass is 9.69. The lowest BCUT2D eigenvalue weighted by molar-refractivity contribution is -0.139. The zero-order chi connectivity index (χ0) is 18.6. The first-order valence-electron chi connectivity index (χ1n) is 10.5. The summed E-state index contributed by atoms with van der Waals surface area (Å²) in [5.41, 5.74) is 0.507. The van der Waals surface area contributed by atoms with Gasteiger partial charge in [0.05, 0.1) is 6.54 Å². The predicted octanol–water partition coefficient (Wildman–Crippen LogP) is 3.07. The number of carbonyl (C=O) groups is 2. The maximum absolute atomic E-state index is 12.7. The smallest absolute Gasteiger partial charge is 0.317 e. The monoisotopic (exact) mass is 365 g/mol. The maximum Gasteiger partial charge on any atom is 0.317 e. The second-order valence-corrected chi connectivity index (χ2v) is 8.63. The molecule has 0 aromatic carbocycles. The molecule has 148 valence electrons. The van der Waals surface area contributed by atoms with Gasteiger partial charge < -0.3 is 15.3 Å². The molecule has 0 atom stereocenters. The summed E-state index contributed by atoms with van der Waals surface area (Å²) in [4.78, 5) is 27.6. The summed E-state index contributed by atoms with van der Waals surface area (Å²) in [6.45, 7) is 4.60. The van der Waals surface area contributed by atoms with Crippen molar-refractivity contribution in [1.82, 2.24) is 15.1 Å². The average molecular weight is 366 g/mol. The number of likely N-dealkylation sites (N-methyl/N-ethyl adjacent to an activating group) is 1. The third-order valence-corrected chi connectivity index (χ3v) is 6.95. The molecule has 2 amide bonds. The van der Waals surface area contributed by atoms with Gasteiger partial charge in [0.25, 0.3) is 0 Å². The highest BCUT2D eigenvalue weighted by Crippen LogP contribution is 2.44. The number of carboxylic acid groups (broad SMARTS) is 1. The Labute approximate surface area is 157 Å². The van der Waals surface area contributed by atoms with Crippen molar-refractivity contribution in [3.63, 3.8) is 0 Å². The van der Waals surface area contributed by atoms with Crippen molar-refractivity contribution >= 4 is 12.0 Å². The minimum atomic E-state index is -0.777. The summed E-state index contributed by atoms with van der Waals surface area (Å²) in [6.07, 6.45) is 12.1. The largest absolute Gasteiger partial charge is 0.480 e. The zero-order valence-corrected chi connectivity index (χ0v) is 16.2. The van der Waals surface area contributed by atoms with Gasteiger partial charge in [-0.05, 0) is 56.9 Å². The number of amides is 2. The number of aliphatic carboxylic acids is 1. The van der Waals surface area contributed by atoms with Crippen molar-refractivity contribution in [3.8, 4) is 0 Å². The fourth-order valence-electron chi connectivity index (χ4n) is 5.20. The van der Waals surface area contributed by atoms with Crippen LogP contribution in [0.3, 0.4) is 0 Å². The van der Waals surface area contributed by atoms with Crippen LogP contribution >= 0.6 is 0 Å². The SMILES string of the molecule is CCN(CC(=O)O)C1CC(NC(=O)N2CCCC3(CCCCC3)CC2)C1. The average Bonchev–Trinajstić information content (AvgIpc) is 2.79. The van der Waals surface area contributed by atoms with Crippen LogP contribution in [0.2, 0.25) is 0 Å². The molecule has 3 fully saturated rings. The van der Waals surface area contributed by atoms with Gasteiger partial charge in [-0.3, -0.25) is 9.69 Å². The Kier molecular flexibility index (Phi) is 6.43. The van der Waals surface area contributed by atoms with Gasteiger partial charge >= 0.3 is 12.0 Å². The van der Waals surface area contributed by atoms with Gasteiger partial charge in [-0.15, -0.1) is 0 Å². The van der Waals surface area contributed by atoms with Crippen molar-refractivity contribution in [2.75, 3.05) is 26.2 Å². The summed E-state index contributed by atoms with van der Waals surface area (Å²) >= 11 is 0. The fourth-order valence-corrected chi connectivity index (χ4v) is 5.20. The lowest BCUT2D eigenvalue weighted by Crippen LogP contribution is -2.56. The Morgan fingerprint density at radius 2 is 1.77 bits per heavy atom. The minimum Gasteiger partial charge on any atom is -0.480 e. The number of nitrogens with one attached hydrogen (secondary N) is 1. The molecule has 1 spiro atoms. The van der Waals surface area contributed by atoms with Gasteiger partial charge in [-0.1, -0.05) is 26.2 Å². The normalized spacial score (nSPS) is 28.5.